The lowest BCUT2D eigenvalue weighted by atomic mass is 10.2. The molecule has 1 aromatic carbocycles. The maximum Gasteiger partial charge on any atom is 0.219 e. The number of nitrogens with two attached hydrogens (primary N) is 1. The molecule has 0 radical (unpaired) electrons. The van der Waals surface area contributed by atoms with E-state index in [1.165, 1.54) is 0 Å². The fourth-order valence-electron chi connectivity index (χ4n) is 1.31. The van der Waals surface area contributed by atoms with E-state index in [1.807, 2.05) is 24.3 Å². The van der Waals surface area contributed by atoms with Crippen LogP contribution in [0.5, 0.6) is 5.75 Å². The van der Waals surface area contributed by atoms with Gasteiger partial charge in [0, 0.05) is 20.0 Å². The zero-order valence-corrected chi connectivity index (χ0v) is 9.53. The molecule has 4 heteroatoms. The molecule has 0 saturated carbocycles. The number of benzene rings is 1. The molecule has 3 N–H and O–H groups in total. The van der Waals surface area contributed by atoms with Gasteiger partial charge in [0.05, 0.1) is 6.61 Å². The largest absolute Gasteiger partial charge is 0.494 e. The van der Waals surface area contributed by atoms with Crippen LogP contribution in [0.2, 0.25) is 0 Å². The van der Waals surface area contributed by atoms with Crippen molar-refractivity contribution in [1.82, 2.24) is 5.32 Å². The fraction of sp³-hybridized carbons (Fsp3) is 0.417. The third kappa shape index (κ3) is 4.31. The molecule has 1 amide bonds. The Bertz CT molecular complexity index is 340. The number of nitrogens with one attached hydrogen (secondary N) is 1. The van der Waals surface area contributed by atoms with Gasteiger partial charge in [-0.2, -0.15) is 0 Å². The highest BCUT2D eigenvalue weighted by Gasteiger charge is 1.99. The van der Waals surface area contributed by atoms with E-state index >= 15 is 0 Å². The highest BCUT2D eigenvalue weighted by Crippen LogP contribution is 2.13. The summed E-state index contributed by atoms with van der Waals surface area (Å²) in [6.45, 7) is 1.05. The molecular weight excluding hydrogens is 204 g/mol. The van der Waals surface area contributed by atoms with Crippen LogP contribution in [0, 0.1) is 0 Å². The molecule has 1 rings (SSSR count). The number of carbonyl (C=O) groups is 1. The average Bonchev–Trinajstić information content (AvgIpc) is 2.34. The molecule has 0 fully saturated rings. The van der Waals surface area contributed by atoms with E-state index in [1.54, 1.807) is 7.05 Å². The predicted molar refractivity (Wildman–Crippen MR) is 63.1 cm³/mol. The maximum absolute atomic E-state index is 10.9. The minimum atomic E-state index is 0.0410. The maximum atomic E-state index is 10.9. The summed E-state index contributed by atoms with van der Waals surface area (Å²) >= 11 is 0. The van der Waals surface area contributed by atoms with E-state index in [9.17, 15) is 4.79 Å². The van der Waals surface area contributed by atoms with Crippen LogP contribution < -0.4 is 15.8 Å². The fourth-order valence-corrected chi connectivity index (χ4v) is 1.31. The molecule has 88 valence electrons. The van der Waals surface area contributed by atoms with Gasteiger partial charge in [-0.15, -0.1) is 0 Å². The first-order valence-corrected chi connectivity index (χ1v) is 5.38. The normalized spacial score (nSPS) is 9.88. The van der Waals surface area contributed by atoms with E-state index in [-0.39, 0.29) is 5.91 Å². The van der Waals surface area contributed by atoms with Crippen molar-refractivity contribution in [2.75, 3.05) is 13.7 Å². The molecule has 0 aliphatic rings. The first-order chi connectivity index (χ1) is 7.76. The first kappa shape index (κ1) is 12.5. The Morgan fingerprint density at radius 3 is 3.00 bits per heavy atom. The predicted octanol–water partition coefficient (Wildman–Crippen LogP) is 1.05. The van der Waals surface area contributed by atoms with Crippen molar-refractivity contribution in [2.24, 2.45) is 5.73 Å². The second-order valence-corrected chi connectivity index (χ2v) is 3.48. The summed E-state index contributed by atoms with van der Waals surface area (Å²) in [6, 6.07) is 7.67. The Morgan fingerprint density at radius 1 is 1.50 bits per heavy atom. The summed E-state index contributed by atoms with van der Waals surface area (Å²) in [5.74, 6) is 0.846. The molecule has 0 spiro atoms. The summed E-state index contributed by atoms with van der Waals surface area (Å²) < 4.78 is 5.51. The van der Waals surface area contributed by atoms with Gasteiger partial charge < -0.3 is 15.8 Å². The van der Waals surface area contributed by atoms with E-state index in [4.69, 9.17) is 10.5 Å². The highest BCUT2D eigenvalue weighted by molar-refractivity contribution is 5.75. The van der Waals surface area contributed by atoms with Crippen molar-refractivity contribution in [1.29, 1.82) is 0 Å². The van der Waals surface area contributed by atoms with Crippen molar-refractivity contribution in [2.45, 2.75) is 19.4 Å². The molecule has 0 aliphatic heterocycles. The van der Waals surface area contributed by atoms with Crippen LogP contribution >= 0.6 is 0 Å². The van der Waals surface area contributed by atoms with Gasteiger partial charge in [0.25, 0.3) is 0 Å². The SMILES string of the molecule is CNC(=O)CCCOc1cccc(CN)c1. The zero-order chi connectivity index (χ0) is 11.8. The van der Waals surface area contributed by atoms with Gasteiger partial charge in [-0.3, -0.25) is 4.79 Å². The molecule has 16 heavy (non-hydrogen) atoms. The smallest absolute Gasteiger partial charge is 0.219 e. The van der Waals surface area contributed by atoms with Gasteiger partial charge in [0.1, 0.15) is 5.75 Å². The molecular formula is C12H18N2O2. The Kier molecular flexibility index (Phi) is 5.36. The number of rotatable bonds is 6. The molecule has 0 heterocycles. The zero-order valence-electron chi connectivity index (χ0n) is 9.53. The summed E-state index contributed by atoms with van der Waals surface area (Å²) in [6.07, 6.45) is 1.21. The molecule has 0 aromatic heterocycles. The summed E-state index contributed by atoms with van der Waals surface area (Å²) in [7, 11) is 1.63. The minimum Gasteiger partial charge on any atom is -0.494 e. The van der Waals surface area contributed by atoms with E-state index in [0.717, 1.165) is 11.3 Å². The quantitative estimate of drug-likeness (QED) is 0.707. The molecule has 0 atom stereocenters. The van der Waals surface area contributed by atoms with Crippen molar-refractivity contribution in [3.05, 3.63) is 29.8 Å². The molecule has 0 saturated heterocycles. The van der Waals surface area contributed by atoms with E-state index < -0.39 is 0 Å². The van der Waals surface area contributed by atoms with Crippen LogP contribution in [0.15, 0.2) is 24.3 Å². The molecule has 0 aliphatic carbocycles. The van der Waals surface area contributed by atoms with E-state index in [0.29, 0.717) is 26.0 Å². The molecule has 4 nitrogen and oxygen atoms in total. The van der Waals surface area contributed by atoms with Gasteiger partial charge >= 0.3 is 0 Å². The third-order valence-corrected chi connectivity index (χ3v) is 2.23. The van der Waals surface area contributed by atoms with Gasteiger partial charge in [0.15, 0.2) is 0 Å². The van der Waals surface area contributed by atoms with Crippen LogP contribution in [0.1, 0.15) is 18.4 Å². The van der Waals surface area contributed by atoms with Crippen LogP contribution in [0.4, 0.5) is 0 Å². The van der Waals surface area contributed by atoms with Crippen molar-refractivity contribution in [3.63, 3.8) is 0 Å². The molecule has 0 bridgehead atoms. The Hall–Kier alpha value is -1.55. The number of ether oxygens (including phenoxy) is 1. The number of hydrogen-bond acceptors (Lipinski definition) is 3. The monoisotopic (exact) mass is 222 g/mol. The van der Waals surface area contributed by atoms with Gasteiger partial charge in [-0.1, -0.05) is 12.1 Å². The lowest BCUT2D eigenvalue weighted by molar-refractivity contribution is -0.120. The van der Waals surface area contributed by atoms with Gasteiger partial charge in [0.2, 0.25) is 5.91 Å². The number of amides is 1. The average molecular weight is 222 g/mol. The van der Waals surface area contributed by atoms with Crippen molar-refractivity contribution in [3.8, 4) is 5.75 Å². The Balaban J connectivity index is 2.28. The van der Waals surface area contributed by atoms with Crippen LogP contribution in [-0.4, -0.2) is 19.6 Å². The van der Waals surface area contributed by atoms with E-state index in [2.05, 4.69) is 5.32 Å². The highest BCUT2D eigenvalue weighted by atomic mass is 16.5. The second-order valence-electron chi connectivity index (χ2n) is 3.48. The van der Waals surface area contributed by atoms with Gasteiger partial charge in [-0.05, 0) is 24.1 Å². The number of hydrogen-bond donors (Lipinski definition) is 2. The third-order valence-electron chi connectivity index (χ3n) is 2.23. The van der Waals surface area contributed by atoms with Crippen LogP contribution in [0.25, 0.3) is 0 Å². The van der Waals surface area contributed by atoms with Crippen LogP contribution in [0.3, 0.4) is 0 Å². The summed E-state index contributed by atoms with van der Waals surface area (Å²) in [5.41, 5.74) is 6.57. The van der Waals surface area contributed by atoms with Crippen molar-refractivity contribution < 1.29 is 9.53 Å². The van der Waals surface area contributed by atoms with Gasteiger partial charge in [-0.25, -0.2) is 0 Å². The molecule has 1 aromatic rings. The standard InChI is InChI=1S/C12H18N2O2/c1-14-12(15)6-3-7-16-11-5-2-4-10(8-11)9-13/h2,4-5,8H,3,6-7,9,13H2,1H3,(H,14,15). The Labute approximate surface area is 95.8 Å². The van der Waals surface area contributed by atoms with Crippen molar-refractivity contribution >= 4 is 5.91 Å². The Morgan fingerprint density at radius 2 is 2.31 bits per heavy atom. The lowest BCUT2D eigenvalue weighted by Crippen LogP contribution is -2.18. The first-order valence-electron chi connectivity index (χ1n) is 5.38. The minimum absolute atomic E-state index is 0.0410. The lowest BCUT2D eigenvalue weighted by Gasteiger charge is -2.06. The second kappa shape index (κ2) is 6.85. The number of carbonyl (C=O) groups excluding carboxylic acids is 1. The summed E-state index contributed by atoms with van der Waals surface area (Å²) in [4.78, 5) is 10.9. The molecule has 0 unspecified atom stereocenters. The van der Waals surface area contributed by atoms with Crippen LogP contribution in [-0.2, 0) is 11.3 Å². The summed E-state index contributed by atoms with van der Waals surface area (Å²) in [5, 5.41) is 2.57. The topological polar surface area (TPSA) is 64.3 Å².